The zero-order valence-electron chi connectivity index (χ0n) is 13.2. The van der Waals surface area contributed by atoms with E-state index in [2.05, 4.69) is 24.4 Å². The van der Waals surface area contributed by atoms with E-state index in [1.54, 1.807) is 0 Å². The molecule has 1 amide bonds. The van der Waals surface area contributed by atoms with Crippen LogP contribution in [0.5, 0.6) is 0 Å². The normalized spacial score (nSPS) is 9.50. The number of hydrogen-bond donors (Lipinski definition) is 1. The van der Waals surface area contributed by atoms with Gasteiger partial charge < -0.3 is 10.1 Å². The molecule has 0 radical (unpaired) electrons. The number of ether oxygens (including phenoxy) is 1. The quantitative estimate of drug-likeness (QED) is 0.592. The van der Waals surface area contributed by atoms with E-state index < -0.39 is 0 Å². The largest absolute Gasteiger partial charge is 0.377 e. The molecule has 0 saturated heterocycles. The van der Waals surface area contributed by atoms with Gasteiger partial charge in [0.15, 0.2) is 0 Å². The maximum Gasteiger partial charge on any atom is 0.207 e. The maximum atomic E-state index is 9.87. The maximum absolute atomic E-state index is 9.87. The molecule has 0 bridgehead atoms. The molecule has 2 rings (SSSR count). The van der Waals surface area contributed by atoms with Crippen LogP contribution in [-0.4, -0.2) is 13.0 Å². The monoisotopic (exact) mass is 299 g/mol. The van der Waals surface area contributed by atoms with Crippen molar-refractivity contribution in [3.8, 4) is 0 Å². The van der Waals surface area contributed by atoms with Gasteiger partial charge in [-0.15, -0.1) is 0 Å². The van der Waals surface area contributed by atoms with Gasteiger partial charge in [0.1, 0.15) is 0 Å². The highest BCUT2D eigenvalue weighted by Gasteiger charge is 1.90. The molecule has 0 spiro atoms. The van der Waals surface area contributed by atoms with E-state index in [4.69, 9.17) is 4.74 Å². The van der Waals surface area contributed by atoms with Crippen LogP contribution in [0.3, 0.4) is 0 Å². The third-order valence-electron chi connectivity index (χ3n) is 2.99. The minimum absolute atomic E-state index is 0.615. The van der Waals surface area contributed by atoms with Crippen molar-refractivity contribution in [2.24, 2.45) is 0 Å². The fourth-order valence-corrected chi connectivity index (χ4v) is 1.77. The van der Waals surface area contributed by atoms with E-state index in [1.165, 1.54) is 12.0 Å². The summed E-state index contributed by atoms with van der Waals surface area (Å²) in [5.74, 6) is 0. The number of benzene rings is 2. The van der Waals surface area contributed by atoms with E-state index in [1.807, 2.05) is 48.5 Å². The number of carbonyl (C=O) groups is 1. The van der Waals surface area contributed by atoms with Crippen molar-refractivity contribution in [2.45, 2.75) is 32.9 Å². The van der Waals surface area contributed by atoms with Gasteiger partial charge in [0.05, 0.1) is 6.61 Å². The molecule has 22 heavy (non-hydrogen) atoms. The third-order valence-corrected chi connectivity index (χ3v) is 2.99. The number of nitrogens with one attached hydrogen (secondary N) is 1. The molecule has 0 aliphatic rings. The van der Waals surface area contributed by atoms with Gasteiger partial charge in [0.2, 0.25) is 6.41 Å². The Kier molecular flexibility index (Phi) is 10.3. The van der Waals surface area contributed by atoms with Gasteiger partial charge in [0.25, 0.3) is 0 Å². The summed E-state index contributed by atoms with van der Waals surface area (Å²) >= 11 is 0. The fourth-order valence-electron chi connectivity index (χ4n) is 1.77. The van der Waals surface area contributed by atoms with Crippen molar-refractivity contribution in [3.05, 3.63) is 71.8 Å². The van der Waals surface area contributed by atoms with Crippen molar-refractivity contribution < 1.29 is 9.53 Å². The first kappa shape index (κ1) is 17.9. The first-order valence-corrected chi connectivity index (χ1v) is 7.69. The number of amides is 1. The Morgan fingerprint density at radius 1 is 0.955 bits per heavy atom. The lowest BCUT2D eigenvalue weighted by atomic mass is 10.2. The highest BCUT2D eigenvalue weighted by atomic mass is 16.5. The van der Waals surface area contributed by atoms with Crippen LogP contribution >= 0.6 is 0 Å². The molecule has 0 aromatic heterocycles. The molecule has 0 unspecified atom stereocenters. The van der Waals surface area contributed by atoms with Crippen LogP contribution in [0.1, 0.15) is 30.9 Å². The van der Waals surface area contributed by atoms with E-state index >= 15 is 0 Å². The molecule has 0 atom stereocenters. The topological polar surface area (TPSA) is 38.3 Å². The Morgan fingerprint density at radius 2 is 1.55 bits per heavy atom. The zero-order chi connectivity index (χ0) is 15.9. The average molecular weight is 299 g/mol. The van der Waals surface area contributed by atoms with E-state index in [9.17, 15) is 4.79 Å². The molecule has 0 saturated carbocycles. The molecule has 2 aromatic carbocycles. The smallest absolute Gasteiger partial charge is 0.207 e. The van der Waals surface area contributed by atoms with E-state index in [0.29, 0.717) is 13.0 Å². The summed E-state index contributed by atoms with van der Waals surface area (Å²) in [5, 5.41) is 2.58. The molecule has 2 aromatic rings. The van der Waals surface area contributed by atoms with Gasteiger partial charge in [-0.1, -0.05) is 74.0 Å². The van der Waals surface area contributed by atoms with Gasteiger partial charge in [-0.05, 0) is 17.5 Å². The molecule has 1 N–H and O–H groups in total. The van der Waals surface area contributed by atoms with Crippen LogP contribution < -0.4 is 5.32 Å². The highest BCUT2D eigenvalue weighted by Crippen LogP contribution is 2.01. The summed E-state index contributed by atoms with van der Waals surface area (Å²) in [4.78, 5) is 9.87. The minimum atomic E-state index is 0.615. The van der Waals surface area contributed by atoms with Gasteiger partial charge in [-0.25, -0.2) is 0 Å². The van der Waals surface area contributed by atoms with Crippen LogP contribution in [0.15, 0.2) is 60.7 Å². The van der Waals surface area contributed by atoms with Gasteiger partial charge in [0, 0.05) is 13.2 Å². The average Bonchev–Trinajstić information content (AvgIpc) is 2.59. The lowest BCUT2D eigenvalue weighted by Crippen LogP contribution is -2.09. The Bertz CT molecular complexity index is 485. The van der Waals surface area contributed by atoms with Crippen LogP contribution in [0.2, 0.25) is 0 Å². The predicted octanol–water partition coefficient (Wildman–Crippen LogP) is 3.94. The summed E-state index contributed by atoms with van der Waals surface area (Å²) in [5.41, 5.74) is 2.38. The number of unbranched alkanes of at least 4 members (excludes halogenated alkanes) is 1. The summed E-state index contributed by atoms with van der Waals surface area (Å²) in [6, 6.07) is 20.1. The lowest BCUT2D eigenvalue weighted by molar-refractivity contribution is -0.109. The number of hydrogen-bond acceptors (Lipinski definition) is 2. The molecule has 0 heterocycles. The number of rotatable bonds is 8. The molecular formula is C19H25NO2. The summed E-state index contributed by atoms with van der Waals surface area (Å²) < 4.78 is 5.46. The Balaban J connectivity index is 0.000000224. The Labute approximate surface area is 133 Å². The minimum Gasteiger partial charge on any atom is -0.377 e. The van der Waals surface area contributed by atoms with Crippen molar-refractivity contribution >= 4 is 6.41 Å². The summed E-state index contributed by atoms with van der Waals surface area (Å²) in [6.07, 6.45) is 3.06. The van der Waals surface area contributed by atoms with Crippen molar-refractivity contribution in [3.63, 3.8) is 0 Å². The Hall–Kier alpha value is -2.13. The molecule has 0 fully saturated rings. The molecule has 0 aliphatic heterocycles. The second-order valence-corrected chi connectivity index (χ2v) is 4.88. The van der Waals surface area contributed by atoms with Crippen LogP contribution in [0.25, 0.3) is 0 Å². The molecule has 0 aliphatic carbocycles. The Morgan fingerprint density at radius 3 is 2.09 bits per heavy atom. The molecular weight excluding hydrogens is 274 g/mol. The third kappa shape index (κ3) is 8.93. The van der Waals surface area contributed by atoms with Gasteiger partial charge in [-0.2, -0.15) is 0 Å². The molecule has 3 heteroatoms. The van der Waals surface area contributed by atoms with E-state index in [0.717, 1.165) is 25.2 Å². The van der Waals surface area contributed by atoms with Crippen molar-refractivity contribution in [1.29, 1.82) is 0 Å². The van der Waals surface area contributed by atoms with Crippen molar-refractivity contribution in [1.82, 2.24) is 5.32 Å². The predicted molar refractivity (Wildman–Crippen MR) is 90.4 cm³/mol. The van der Waals surface area contributed by atoms with Crippen molar-refractivity contribution in [2.75, 3.05) is 6.61 Å². The molecule has 3 nitrogen and oxygen atoms in total. The summed E-state index contributed by atoms with van der Waals surface area (Å²) in [7, 11) is 0. The second kappa shape index (κ2) is 12.6. The van der Waals surface area contributed by atoms with Gasteiger partial charge >= 0.3 is 0 Å². The van der Waals surface area contributed by atoms with Crippen LogP contribution in [0.4, 0.5) is 0 Å². The second-order valence-electron chi connectivity index (χ2n) is 4.88. The first-order valence-electron chi connectivity index (χ1n) is 7.69. The highest BCUT2D eigenvalue weighted by molar-refractivity contribution is 5.46. The lowest BCUT2D eigenvalue weighted by Gasteiger charge is -2.02. The zero-order valence-corrected chi connectivity index (χ0v) is 13.2. The SMILES string of the molecule is CCCCOCc1ccccc1.O=CNCc1ccccc1. The number of carbonyl (C=O) groups excluding carboxylic acids is 1. The van der Waals surface area contributed by atoms with Crippen LogP contribution in [-0.2, 0) is 22.7 Å². The van der Waals surface area contributed by atoms with E-state index in [-0.39, 0.29) is 0 Å². The van der Waals surface area contributed by atoms with Crippen LogP contribution in [0, 0.1) is 0 Å². The summed E-state index contributed by atoms with van der Waals surface area (Å²) in [6.45, 7) is 4.42. The van der Waals surface area contributed by atoms with Gasteiger partial charge in [-0.3, -0.25) is 4.79 Å². The first-order chi connectivity index (χ1) is 10.9. The fraction of sp³-hybridized carbons (Fsp3) is 0.316. The molecule has 118 valence electrons. The standard InChI is InChI=1S/C11H16O.C8H9NO/c1-2-3-9-12-10-11-7-5-4-6-8-11;10-7-9-6-8-4-2-1-3-5-8/h4-8H,2-3,9-10H2,1H3;1-5,7H,6H2,(H,9,10).